The van der Waals surface area contributed by atoms with E-state index in [0.717, 1.165) is 5.56 Å². The van der Waals surface area contributed by atoms with E-state index < -0.39 is 11.8 Å². The van der Waals surface area contributed by atoms with Crippen LogP contribution in [0.4, 0.5) is 11.4 Å². The van der Waals surface area contributed by atoms with Crippen molar-refractivity contribution in [1.29, 1.82) is 0 Å². The minimum atomic E-state index is -0.778. The predicted octanol–water partition coefficient (Wildman–Crippen LogP) is 1.57. The van der Waals surface area contributed by atoms with Crippen LogP contribution in [0.15, 0.2) is 42.7 Å². The zero-order chi connectivity index (χ0) is 15.2. The van der Waals surface area contributed by atoms with E-state index in [9.17, 15) is 9.59 Å². The number of pyridine rings is 1. The molecule has 0 atom stereocenters. The van der Waals surface area contributed by atoms with Gasteiger partial charge in [0.2, 0.25) is 0 Å². The van der Waals surface area contributed by atoms with Crippen molar-refractivity contribution < 1.29 is 9.59 Å². The first kappa shape index (κ1) is 14.8. The summed E-state index contributed by atoms with van der Waals surface area (Å²) in [6, 6.07) is 8.13. The number of rotatable bonds is 3. The number of amides is 2. The lowest BCUT2D eigenvalue weighted by atomic mass is 10.2. The average molecular weight is 305 g/mol. The summed E-state index contributed by atoms with van der Waals surface area (Å²) in [5.74, 6) is -1.52. The zero-order valence-electron chi connectivity index (χ0n) is 11.0. The average Bonchev–Trinajstić information content (AvgIpc) is 2.49. The molecule has 0 fully saturated rings. The van der Waals surface area contributed by atoms with Crippen molar-refractivity contribution in [1.82, 2.24) is 10.3 Å². The van der Waals surface area contributed by atoms with Gasteiger partial charge in [-0.05, 0) is 29.8 Å². The summed E-state index contributed by atoms with van der Waals surface area (Å²) in [5, 5.41) is 5.24. The van der Waals surface area contributed by atoms with Crippen LogP contribution < -0.4 is 16.4 Å². The van der Waals surface area contributed by atoms with Gasteiger partial charge in [0.1, 0.15) is 0 Å². The highest BCUT2D eigenvalue weighted by molar-refractivity contribution is 6.40. The predicted molar refractivity (Wildman–Crippen MR) is 80.6 cm³/mol. The molecule has 0 aliphatic rings. The van der Waals surface area contributed by atoms with Crippen molar-refractivity contribution in [2.45, 2.75) is 6.54 Å². The van der Waals surface area contributed by atoms with E-state index in [0.29, 0.717) is 16.4 Å². The number of nitrogen functional groups attached to an aromatic ring is 1. The van der Waals surface area contributed by atoms with Gasteiger partial charge >= 0.3 is 11.8 Å². The minimum absolute atomic E-state index is 0.225. The van der Waals surface area contributed by atoms with Crippen molar-refractivity contribution in [3.63, 3.8) is 0 Å². The third-order valence-corrected chi connectivity index (χ3v) is 2.97. The topological polar surface area (TPSA) is 97.1 Å². The van der Waals surface area contributed by atoms with Gasteiger partial charge < -0.3 is 16.4 Å². The van der Waals surface area contributed by atoms with Crippen LogP contribution >= 0.6 is 11.6 Å². The molecule has 0 unspecified atom stereocenters. The van der Waals surface area contributed by atoms with Gasteiger partial charge in [-0.3, -0.25) is 14.6 Å². The molecule has 4 N–H and O–H groups in total. The minimum Gasteiger partial charge on any atom is -0.398 e. The normalized spacial score (nSPS) is 9.95. The van der Waals surface area contributed by atoms with E-state index >= 15 is 0 Å². The number of aromatic nitrogens is 1. The van der Waals surface area contributed by atoms with Gasteiger partial charge in [-0.1, -0.05) is 17.7 Å². The Morgan fingerprint density at radius 3 is 2.71 bits per heavy atom. The maximum absolute atomic E-state index is 11.7. The molecule has 6 nitrogen and oxygen atoms in total. The number of carbonyl (C=O) groups is 2. The number of halogens is 1. The first-order chi connectivity index (χ1) is 10.1. The van der Waals surface area contributed by atoms with Crippen molar-refractivity contribution in [3.05, 3.63) is 53.3 Å². The van der Waals surface area contributed by atoms with E-state index in [1.807, 2.05) is 0 Å². The molecule has 2 rings (SSSR count). The Hall–Kier alpha value is -2.60. The lowest BCUT2D eigenvalue weighted by Gasteiger charge is -2.07. The van der Waals surface area contributed by atoms with Gasteiger partial charge in [0, 0.05) is 24.6 Å². The molecule has 1 heterocycles. The van der Waals surface area contributed by atoms with Crippen molar-refractivity contribution in [3.8, 4) is 0 Å². The molecule has 0 aliphatic carbocycles. The Kier molecular flexibility index (Phi) is 4.73. The summed E-state index contributed by atoms with van der Waals surface area (Å²) < 4.78 is 0. The van der Waals surface area contributed by atoms with E-state index in [-0.39, 0.29) is 6.54 Å². The number of anilines is 2. The quantitative estimate of drug-likeness (QED) is 0.592. The van der Waals surface area contributed by atoms with Crippen LogP contribution in [-0.2, 0) is 16.1 Å². The number of hydrogen-bond acceptors (Lipinski definition) is 4. The molecule has 0 radical (unpaired) electrons. The van der Waals surface area contributed by atoms with Crippen LogP contribution in [0, 0.1) is 0 Å². The largest absolute Gasteiger partial charge is 0.398 e. The third kappa shape index (κ3) is 4.19. The van der Waals surface area contributed by atoms with E-state index in [4.69, 9.17) is 17.3 Å². The number of nitrogens with one attached hydrogen (secondary N) is 2. The highest BCUT2D eigenvalue weighted by atomic mass is 35.5. The first-order valence-electron chi connectivity index (χ1n) is 6.09. The molecule has 2 amide bonds. The molecule has 0 spiro atoms. The Bertz CT molecular complexity index is 661. The zero-order valence-corrected chi connectivity index (χ0v) is 11.7. The smallest absolute Gasteiger partial charge is 0.313 e. The lowest BCUT2D eigenvalue weighted by Crippen LogP contribution is -2.34. The van der Waals surface area contributed by atoms with Gasteiger partial charge in [0.05, 0.1) is 10.7 Å². The second-order valence-electron chi connectivity index (χ2n) is 4.23. The first-order valence-corrected chi connectivity index (χ1v) is 6.47. The van der Waals surface area contributed by atoms with Crippen molar-refractivity contribution in [2.24, 2.45) is 0 Å². The molecule has 0 aliphatic heterocycles. The second-order valence-corrected chi connectivity index (χ2v) is 4.64. The molecule has 7 heteroatoms. The summed E-state index contributed by atoms with van der Waals surface area (Å²) >= 11 is 5.83. The summed E-state index contributed by atoms with van der Waals surface area (Å²) in [5.41, 5.74) is 7.16. The summed E-state index contributed by atoms with van der Waals surface area (Å²) in [7, 11) is 0. The molecule has 0 saturated heterocycles. The molecular weight excluding hydrogens is 292 g/mol. The Balaban J connectivity index is 1.90. The maximum atomic E-state index is 11.7. The number of benzene rings is 1. The molecule has 0 bridgehead atoms. The number of hydrogen-bond donors (Lipinski definition) is 3. The molecule has 0 saturated carbocycles. The van der Waals surface area contributed by atoms with Crippen LogP contribution in [0.2, 0.25) is 5.02 Å². The second kappa shape index (κ2) is 6.71. The fourth-order valence-corrected chi connectivity index (χ4v) is 1.74. The van der Waals surface area contributed by atoms with Crippen LogP contribution in [0.1, 0.15) is 5.56 Å². The Morgan fingerprint density at radius 1 is 1.24 bits per heavy atom. The maximum Gasteiger partial charge on any atom is 0.313 e. The highest BCUT2D eigenvalue weighted by Crippen LogP contribution is 2.22. The van der Waals surface area contributed by atoms with Crippen molar-refractivity contribution >= 4 is 34.8 Å². The van der Waals surface area contributed by atoms with Gasteiger partial charge in [0.25, 0.3) is 0 Å². The molecular formula is C14H13ClN4O2. The number of nitrogens with two attached hydrogens (primary N) is 1. The summed E-state index contributed by atoms with van der Waals surface area (Å²) in [4.78, 5) is 27.3. The summed E-state index contributed by atoms with van der Waals surface area (Å²) in [6.07, 6.45) is 3.24. The molecule has 108 valence electrons. The van der Waals surface area contributed by atoms with E-state index in [1.165, 1.54) is 6.07 Å². The fourth-order valence-electron chi connectivity index (χ4n) is 1.56. The SMILES string of the molecule is Nc1ccc(NC(=O)C(=O)NCc2cccnc2)cc1Cl. The lowest BCUT2D eigenvalue weighted by molar-refractivity contribution is -0.136. The van der Waals surface area contributed by atoms with Crippen LogP contribution in [-0.4, -0.2) is 16.8 Å². The fraction of sp³-hybridized carbons (Fsp3) is 0.0714. The van der Waals surface area contributed by atoms with E-state index in [2.05, 4.69) is 15.6 Å². The molecule has 1 aromatic heterocycles. The van der Waals surface area contributed by atoms with Crippen LogP contribution in [0.25, 0.3) is 0 Å². The standard InChI is InChI=1S/C14H13ClN4O2/c15-11-6-10(3-4-12(11)16)19-14(21)13(20)18-8-9-2-1-5-17-7-9/h1-7H,8,16H2,(H,18,20)(H,19,21). The van der Waals surface area contributed by atoms with Crippen LogP contribution in [0.3, 0.4) is 0 Å². The van der Waals surface area contributed by atoms with Gasteiger partial charge in [-0.25, -0.2) is 0 Å². The molecule has 2 aromatic rings. The van der Waals surface area contributed by atoms with Gasteiger partial charge in [-0.2, -0.15) is 0 Å². The van der Waals surface area contributed by atoms with E-state index in [1.54, 1.807) is 36.7 Å². The Labute approximate surface area is 126 Å². The third-order valence-electron chi connectivity index (χ3n) is 2.64. The molecule has 1 aromatic carbocycles. The number of nitrogens with zero attached hydrogens (tertiary/aromatic N) is 1. The highest BCUT2D eigenvalue weighted by Gasteiger charge is 2.13. The van der Waals surface area contributed by atoms with Crippen molar-refractivity contribution in [2.75, 3.05) is 11.1 Å². The molecule has 21 heavy (non-hydrogen) atoms. The number of carbonyl (C=O) groups excluding carboxylic acids is 2. The monoisotopic (exact) mass is 304 g/mol. The van der Waals surface area contributed by atoms with Gasteiger partial charge in [0.15, 0.2) is 0 Å². The summed E-state index contributed by atoms with van der Waals surface area (Å²) in [6.45, 7) is 0.225. The Morgan fingerprint density at radius 2 is 2.05 bits per heavy atom. The van der Waals surface area contributed by atoms with Gasteiger partial charge in [-0.15, -0.1) is 0 Å². The van der Waals surface area contributed by atoms with Crippen LogP contribution in [0.5, 0.6) is 0 Å².